The van der Waals surface area contributed by atoms with Crippen molar-refractivity contribution in [3.05, 3.63) is 89.5 Å². The van der Waals surface area contributed by atoms with Gasteiger partial charge in [-0.2, -0.15) is 0 Å². The van der Waals surface area contributed by atoms with Gasteiger partial charge in [0.05, 0.1) is 17.2 Å². The maximum atomic E-state index is 15.5. The van der Waals surface area contributed by atoms with E-state index in [1.165, 1.54) is 17.7 Å². The van der Waals surface area contributed by atoms with Crippen molar-refractivity contribution in [1.29, 1.82) is 0 Å². The normalized spacial score (nSPS) is 22.8. The van der Waals surface area contributed by atoms with E-state index in [9.17, 15) is 0 Å². The minimum absolute atomic E-state index is 0.0682. The second-order valence-electron chi connectivity index (χ2n) is 12.5. The fourth-order valence-electron chi connectivity index (χ4n) is 6.46. The lowest BCUT2D eigenvalue weighted by Crippen LogP contribution is -2.41. The molecule has 0 aliphatic carbocycles. The summed E-state index contributed by atoms with van der Waals surface area (Å²) in [5, 5.41) is 0. The monoisotopic (exact) mass is 544 g/mol. The van der Waals surface area contributed by atoms with Crippen molar-refractivity contribution in [1.82, 2.24) is 0 Å². The lowest BCUT2D eigenvalue weighted by Gasteiger charge is -2.35. The third-order valence-electron chi connectivity index (χ3n) is 9.51. The van der Waals surface area contributed by atoms with E-state index in [1.807, 2.05) is 38.7 Å². The van der Waals surface area contributed by atoms with Gasteiger partial charge in [0.15, 0.2) is 11.6 Å². The highest BCUT2D eigenvalue weighted by Crippen LogP contribution is 2.40. The molecule has 3 aliphatic rings. The number of piperidine rings is 1. The molecule has 0 spiro atoms. The third kappa shape index (κ3) is 5.03. The minimum Gasteiger partial charge on any atom is -0.399 e. The fourth-order valence-corrected chi connectivity index (χ4v) is 6.46. The average molecular weight is 544 g/mol. The standard InChI is InChI=1S/C33H39BF2N2O2/c1-32(2)33(3,4)40-34(39-32)26-14-12-25(13-15-26)30-11-8-18-38(30)27-21-28(35)31(29(36)22-27)37-19-16-24(17-20-37)23-9-6-5-7-10-23/h5-7,9-10,12-15,21-22,24,30H,8,11,16-20H2,1-4H3. The van der Waals surface area contributed by atoms with Crippen LogP contribution in [0.1, 0.15) is 76.5 Å². The van der Waals surface area contributed by atoms with E-state index in [0.717, 1.165) is 43.3 Å². The largest absolute Gasteiger partial charge is 0.494 e. The molecular weight excluding hydrogens is 505 g/mol. The highest BCUT2D eigenvalue weighted by atomic mass is 19.1. The van der Waals surface area contributed by atoms with Gasteiger partial charge in [0.25, 0.3) is 0 Å². The first kappa shape index (κ1) is 27.3. The highest BCUT2D eigenvalue weighted by molar-refractivity contribution is 6.62. The summed E-state index contributed by atoms with van der Waals surface area (Å²) in [7, 11) is -0.410. The summed E-state index contributed by atoms with van der Waals surface area (Å²) in [6.45, 7) is 10.3. The molecule has 3 fully saturated rings. The molecule has 0 N–H and O–H groups in total. The summed E-state index contributed by atoms with van der Waals surface area (Å²) in [5.41, 5.74) is 3.35. The maximum Gasteiger partial charge on any atom is 0.494 e. The summed E-state index contributed by atoms with van der Waals surface area (Å²) in [6.07, 6.45) is 3.69. The second-order valence-corrected chi connectivity index (χ2v) is 12.5. The molecule has 4 nitrogen and oxygen atoms in total. The predicted octanol–water partition coefficient (Wildman–Crippen LogP) is 6.99. The number of benzene rings is 3. The molecule has 40 heavy (non-hydrogen) atoms. The number of rotatable bonds is 5. The minimum atomic E-state index is -0.477. The SMILES string of the molecule is CC1(C)OB(c2ccc(C3CCCN3c3cc(F)c(N4CCC(c5ccccc5)CC4)c(F)c3)cc2)OC1(C)C. The molecule has 6 rings (SSSR count). The molecule has 0 saturated carbocycles. The van der Waals surface area contributed by atoms with Crippen LogP contribution in [-0.4, -0.2) is 38.0 Å². The van der Waals surface area contributed by atoms with Gasteiger partial charge < -0.3 is 19.1 Å². The molecule has 3 saturated heterocycles. The zero-order valence-electron chi connectivity index (χ0n) is 24.0. The quantitative estimate of drug-likeness (QED) is 0.324. The Balaban J connectivity index is 1.16. The van der Waals surface area contributed by atoms with E-state index >= 15 is 8.78 Å². The summed E-state index contributed by atoms with van der Waals surface area (Å²) < 4.78 is 43.4. The van der Waals surface area contributed by atoms with Gasteiger partial charge in [-0.05, 0) is 88.0 Å². The molecule has 210 valence electrons. The van der Waals surface area contributed by atoms with Gasteiger partial charge in [-0.25, -0.2) is 8.78 Å². The summed E-state index contributed by atoms with van der Waals surface area (Å²) >= 11 is 0. The maximum absolute atomic E-state index is 15.5. The van der Waals surface area contributed by atoms with Crippen molar-refractivity contribution < 1.29 is 18.1 Å². The molecule has 0 amide bonds. The van der Waals surface area contributed by atoms with Crippen LogP contribution in [0.2, 0.25) is 0 Å². The van der Waals surface area contributed by atoms with Crippen LogP contribution in [0, 0.1) is 11.6 Å². The second kappa shape index (κ2) is 10.5. The summed E-state index contributed by atoms with van der Waals surface area (Å²) in [4.78, 5) is 4.02. The number of hydrogen-bond donors (Lipinski definition) is 0. The Labute approximate surface area is 237 Å². The first-order valence-corrected chi connectivity index (χ1v) is 14.6. The first-order chi connectivity index (χ1) is 19.1. The first-order valence-electron chi connectivity index (χ1n) is 14.6. The van der Waals surface area contributed by atoms with Crippen molar-refractivity contribution in [3.8, 4) is 0 Å². The molecule has 1 unspecified atom stereocenters. The van der Waals surface area contributed by atoms with Crippen LogP contribution < -0.4 is 15.3 Å². The van der Waals surface area contributed by atoms with E-state index in [-0.39, 0.29) is 11.7 Å². The van der Waals surface area contributed by atoms with Gasteiger partial charge in [-0.1, -0.05) is 54.6 Å². The topological polar surface area (TPSA) is 24.9 Å². The lowest BCUT2D eigenvalue weighted by molar-refractivity contribution is 0.00578. The molecule has 3 aromatic carbocycles. The molecule has 0 aromatic heterocycles. The Morgan fingerprint density at radius 2 is 1.35 bits per heavy atom. The summed E-state index contributed by atoms with van der Waals surface area (Å²) in [6, 6.07) is 21.8. The molecule has 0 radical (unpaired) electrons. The lowest BCUT2D eigenvalue weighted by atomic mass is 9.78. The molecule has 3 aliphatic heterocycles. The van der Waals surface area contributed by atoms with Crippen LogP contribution in [0.5, 0.6) is 0 Å². The highest BCUT2D eigenvalue weighted by Gasteiger charge is 2.51. The third-order valence-corrected chi connectivity index (χ3v) is 9.51. The van der Waals surface area contributed by atoms with Crippen LogP contribution in [0.4, 0.5) is 20.2 Å². The Hall–Kier alpha value is -2.90. The predicted molar refractivity (Wildman–Crippen MR) is 158 cm³/mol. The van der Waals surface area contributed by atoms with Gasteiger partial charge in [0, 0.05) is 25.3 Å². The Bertz CT molecular complexity index is 1300. The molecule has 3 heterocycles. The van der Waals surface area contributed by atoms with E-state index in [4.69, 9.17) is 9.31 Å². The van der Waals surface area contributed by atoms with E-state index in [1.54, 1.807) is 0 Å². The van der Waals surface area contributed by atoms with Crippen LogP contribution in [0.3, 0.4) is 0 Å². The van der Waals surface area contributed by atoms with E-state index in [2.05, 4.69) is 53.4 Å². The molecule has 3 aromatic rings. The Morgan fingerprint density at radius 1 is 0.750 bits per heavy atom. The van der Waals surface area contributed by atoms with Gasteiger partial charge >= 0.3 is 7.12 Å². The van der Waals surface area contributed by atoms with Crippen molar-refractivity contribution >= 4 is 24.0 Å². The fraction of sp³-hybridized carbons (Fsp3) is 0.455. The van der Waals surface area contributed by atoms with Crippen LogP contribution in [0.15, 0.2) is 66.7 Å². The van der Waals surface area contributed by atoms with E-state index < -0.39 is 30.0 Å². The van der Waals surface area contributed by atoms with Crippen LogP contribution in [0.25, 0.3) is 0 Å². The van der Waals surface area contributed by atoms with Crippen LogP contribution >= 0.6 is 0 Å². The number of nitrogens with zero attached hydrogens (tertiary/aromatic N) is 2. The number of halogens is 2. The molecule has 7 heteroatoms. The van der Waals surface area contributed by atoms with Gasteiger partial charge in [0.2, 0.25) is 0 Å². The molecule has 0 bridgehead atoms. The van der Waals surface area contributed by atoms with Gasteiger partial charge in [-0.3, -0.25) is 0 Å². The van der Waals surface area contributed by atoms with Crippen molar-refractivity contribution in [2.45, 2.75) is 76.5 Å². The zero-order valence-corrected chi connectivity index (χ0v) is 24.0. The Morgan fingerprint density at radius 3 is 1.95 bits per heavy atom. The summed E-state index contributed by atoms with van der Waals surface area (Å²) in [5.74, 6) is -0.519. The van der Waals surface area contributed by atoms with Gasteiger partial charge in [0.1, 0.15) is 5.69 Å². The number of hydrogen-bond acceptors (Lipinski definition) is 4. The smallest absolute Gasteiger partial charge is 0.399 e. The van der Waals surface area contributed by atoms with E-state index in [0.29, 0.717) is 24.7 Å². The Kier molecular flexibility index (Phi) is 7.16. The molecular formula is C33H39BF2N2O2. The van der Waals surface area contributed by atoms with Crippen molar-refractivity contribution in [2.24, 2.45) is 0 Å². The van der Waals surface area contributed by atoms with Gasteiger partial charge in [-0.15, -0.1) is 0 Å². The van der Waals surface area contributed by atoms with Crippen LogP contribution in [-0.2, 0) is 9.31 Å². The van der Waals surface area contributed by atoms with Crippen molar-refractivity contribution in [3.63, 3.8) is 0 Å². The zero-order chi connectivity index (χ0) is 28.1. The average Bonchev–Trinajstić information content (AvgIpc) is 3.51. The molecule has 1 atom stereocenters. The number of anilines is 2. The van der Waals surface area contributed by atoms with Crippen molar-refractivity contribution in [2.75, 3.05) is 29.4 Å².